The second-order valence-corrected chi connectivity index (χ2v) is 9.09. The molecule has 32 heavy (non-hydrogen) atoms. The molecule has 1 unspecified atom stereocenters. The van der Waals surface area contributed by atoms with Gasteiger partial charge >= 0.3 is 0 Å². The molecule has 0 saturated carbocycles. The molecule has 0 bridgehead atoms. The van der Waals surface area contributed by atoms with Crippen LogP contribution in [0.15, 0.2) is 75.8 Å². The van der Waals surface area contributed by atoms with Crippen molar-refractivity contribution >= 4 is 44.9 Å². The van der Waals surface area contributed by atoms with Gasteiger partial charge in [-0.15, -0.1) is 0 Å². The number of carbonyl (C=O) groups excluding carboxylic acids is 1. The third-order valence-electron chi connectivity index (χ3n) is 6.53. The van der Waals surface area contributed by atoms with Gasteiger partial charge in [0.05, 0.1) is 5.56 Å². The Kier molecular flexibility index (Phi) is 4.43. The molecule has 2 heterocycles. The lowest BCUT2D eigenvalue weighted by atomic mass is 9.74. The SMILES string of the molecule is CSc1nc2c(c(=O)[nH]1)C(c1c3ccccc3cc3ccccc13)C1=C(CCCC1=O)N2. The largest absolute Gasteiger partial charge is 0.343 e. The van der Waals surface area contributed by atoms with Gasteiger partial charge in [0, 0.05) is 23.6 Å². The van der Waals surface area contributed by atoms with E-state index in [2.05, 4.69) is 40.6 Å². The normalized spacial score (nSPS) is 17.9. The summed E-state index contributed by atoms with van der Waals surface area (Å²) in [6.45, 7) is 0. The molecule has 0 spiro atoms. The van der Waals surface area contributed by atoms with Gasteiger partial charge < -0.3 is 10.3 Å². The molecule has 0 saturated heterocycles. The number of aromatic amines is 1. The summed E-state index contributed by atoms with van der Waals surface area (Å²) in [7, 11) is 0. The summed E-state index contributed by atoms with van der Waals surface area (Å²) in [6.07, 6.45) is 3.98. The third-order valence-corrected chi connectivity index (χ3v) is 7.11. The molecule has 1 aliphatic heterocycles. The van der Waals surface area contributed by atoms with Crippen molar-refractivity contribution in [1.29, 1.82) is 0 Å². The highest BCUT2D eigenvalue weighted by atomic mass is 32.2. The molecule has 158 valence electrons. The van der Waals surface area contributed by atoms with Crippen molar-refractivity contribution in [2.24, 2.45) is 0 Å². The number of hydrogen-bond donors (Lipinski definition) is 2. The summed E-state index contributed by atoms with van der Waals surface area (Å²) in [5.41, 5.74) is 2.96. The number of aromatic nitrogens is 2. The number of nitrogens with zero attached hydrogens (tertiary/aromatic N) is 1. The Labute approximate surface area is 189 Å². The van der Waals surface area contributed by atoms with E-state index in [4.69, 9.17) is 4.98 Å². The number of Topliss-reactive ketones (excluding diaryl/α,β-unsaturated/α-hetero) is 1. The fourth-order valence-electron chi connectivity index (χ4n) is 5.19. The average Bonchev–Trinajstić information content (AvgIpc) is 2.81. The van der Waals surface area contributed by atoms with Crippen molar-refractivity contribution in [3.05, 3.63) is 87.3 Å². The van der Waals surface area contributed by atoms with Crippen LogP contribution in [0.3, 0.4) is 0 Å². The van der Waals surface area contributed by atoms with Crippen molar-refractivity contribution in [3.63, 3.8) is 0 Å². The highest BCUT2D eigenvalue weighted by Gasteiger charge is 2.39. The van der Waals surface area contributed by atoms with Crippen LogP contribution in [-0.2, 0) is 4.79 Å². The Balaban J connectivity index is 1.78. The number of nitrogens with one attached hydrogen (secondary N) is 2. The molecule has 1 aromatic heterocycles. The van der Waals surface area contributed by atoms with Crippen LogP contribution in [-0.4, -0.2) is 22.0 Å². The fraction of sp³-hybridized carbons (Fsp3) is 0.192. The minimum absolute atomic E-state index is 0.111. The smallest absolute Gasteiger partial charge is 0.257 e. The Morgan fingerprint density at radius 2 is 1.62 bits per heavy atom. The summed E-state index contributed by atoms with van der Waals surface area (Å²) in [4.78, 5) is 34.3. The number of benzene rings is 3. The molecule has 5 nitrogen and oxygen atoms in total. The van der Waals surface area contributed by atoms with Crippen molar-refractivity contribution < 1.29 is 4.79 Å². The van der Waals surface area contributed by atoms with Crippen LogP contribution in [0.25, 0.3) is 21.5 Å². The summed E-state index contributed by atoms with van der Waals surface area (Å²) < 4.78 is 0. The van der Waals surface area contributed by atoms with E-state index in [1.165, 1.54) is 11.8 Å². The number of rotatable bonds is 2. The molecule has 6 rings (SSSR count). The lowest BCUT2D eigenvalue weighted by Gasteiger charge is -2.34. The van der Waals surface area contributed by atoms with E-state index in [0.717, 1.165) is 51.2 Å². The van der Waals surface area contributed by atoms with Crippen LogP contribution in [0.2, 0.25) is 0 Å². The Hall–Kier alpha value is -3.38. The quantitative estimate of drug-likeness (QED) is 0.250. The Morgan fingerprint density at radius 1 is 0.938 bits per heavy atom. The highest BCUT2D eigenvalue weighted by molar-refractivity contribution is 7.98. The predicted octanol–water partition coefficient (Wildman–Crippen LogP) is 5.36. The maximum atomic E-state index is 13.4. The average molecular weight is 440 g/mol. The number of carbonyl (C=O) groups is 1. The number of H-pyrrole nitrogens is 1. The van der Waals surface area contributed by atoms with E-state index in [-0.39, 0.29) is 11.3 Å². The predicted molar refractivity (Wildman–Crippen MR) is 129 cm³/mol. The zero-order valence-corrected chi connectivity index (χ0v) is 18.4. The lowest BCUT2D eigenvalue weighted by Crippen LogP contribution is -2.33. The number of ketones is 1. The Morgan fingerprint density at radius 3 is 2.31 bits per heavy atom. The molecule has 3 aromatic carbocycles. The fourth-order valence-corrected chi connectivity index (χ4v) is 5.56. The molecule has 0 fully saturated rings. The van der Waals surface area contributed by atoms with Gasteiger partial charge in [-0.2, -0.15) is 0 Å². The third kappa shape index (κ3) is 2.83. The highest BCUT2D eigenvalue weighted by Crippen LogP contribution is 2.47. The van der Waals surface area contributed by atoms with Crippen LogP contribution in [0.1, 0.15) is 36.3 Å². The van der Waals surface area contributed by atoms with Crippen LogP contribution in [0, 0.1) is 0 Å². The van der Waals surface area contributed by atoms with Crippen LogP contribution < -0.4 is 10.9 Å². The monoisotopic (exact) mass is 439 g/mol. The summed E-state index contributed by atoms with van der Waals surface area (Å²) in [6, 6.07) is 18.6. The molecule has 2 N–H and O–H groups in total. The number of anilines is 1. The lowest BCUT2D eigenvalue weighted by molar-refractivity contribution is -0.116. The molecule has 0 radical (unpaired) electrons. The maximum absolute atomic E-state index is 13.4. The topological polar surface area (TPSA) is 74.8 Å². The van der Waals surface area contributed by atoms with Crippen molar-refractivity contribution in [3.8, 4) is 0 Å². The molecular weight excluding hydrogens is 418 g/mol. The second kappa shape index (κ2) is 7.35. The van der Waals surface area contributed by atoms with E-state index in [9.17, 15) is 9.59 Å². The number of hydrogen-bond acceptors (Lipinski definition) is 5. The van der Waals surface area contributed by atoms with Gasteiger partial charge in [-0.1, -0.05) is 60.3 Å². The number of fused-ring (bicyclic) bond motifs is 3. The molecule has 6 heteroatoms. The van der Waals surface area contributed by atoms with Crippen molar-refractivity contribution in [2.75, 3.05) is 11.6 Å². The summed E-state index contributed by atoms with van der Waals surface area (Å²) in [5.74, 6) is 0.213. The Bertz CT molecular complexity index is 1470. The zero-order chi connectivity index (χ0) is 21.8. The van der Waals surface area contributed by atoms with Crippen molar-refractivity contribution in [2.45, 2.75) is 30.3 Å². The van der Waals surface area contributed by atoms with E-state index in [0.29, 0.717) is 23.0 Å². The first kappa shape index (κ1) is 19.3. The van der Waals surface area contributed by atoms with Gasteiger partial charge in [-0.25, -0.2) is 4.98 Å². The molecule has 1 aliphatic carbocycles. The van der Waals surface area contributed by atoms with Crippen LogP contribution in [0.5, 0.6) is 0 Å². The van der Waals surface area contributed by atoms with E-state index in [1.807, 2.05) is 30.5 Å². The first-order valence-corrected chi connectivity index (χ1v) is 12.0. The minimum atomic E-state index is -0.461. The summed E-state index contributed by atoms with van der Waals surface area (Å²) >= 11 is 1.40. The van der Waals surface area contributed by atoms with Crippen molar-refractivity contribution in [1.82, 2.24) is 9.97 Å². The number of thioether (sulfide) groups is 1. The van der Waals surface area contributed by atoms with Gasteiger partial charge in [0.25, 0.3) is 5.56 Å². The molecule has 1 atom stereocenters. The van der Waals surface area contributed by atoms with Gasteiger partial charge in [-0.05, 0) is 52.3 Å². The molecule has 2 aliphatic rings. The first-order chi connectivity index (χ1) is 15.7. The standard InChI is InChI=1S/C26H21N3O2S/c1-32-26-28-24-23(25(31)29-26)22(21-18(27-24)11-6-12-19(21)30)20-16-9-4-2-7-14(16)13-15-8-3-5-10-17(15)20/h2-5,7-10,13,22H,6,11-12H2,1H3,(H2,27,28,29,31). The van der Waals surface area contributed by atoms with Gasteiger partial charge in [0.2, 0.25) is 0 Å². The zero-order valence-electron chi connectivity index (χ0n) is 17.6. The van der Waals surface area contributed by atoms with Gasteiger partial charge in [0.15, 0.2) is 10.9 Å². The van der Waals surface area contributed by atoms with E-state index < -0.39 is 5.92 Å². The van der Waals surface area contributed by atoms with E-state index in [1.54, 1.807) is 0 Å². The summed E-state index contributed by atoms with van der Waals surface area (Å²) in [5, 5.41) is 8.22. The second-order valence-electron chi connectivity index (χ2n) is 8.30. The molecular formula is C26H21N3O2S. The molecule has 4 aromatic rings. The number of allylic oxidation sites excluding steroid dienone is 2. The van der Waals surface area contributed by atoms with Crippen LogP contribution >= 0.6 is 11.8 Å². The van der Waals surface area contributed by atoms with Gasteiger partial charge in [-0.3, -0.25) is 9.59 Å². The van der Waals surface area contributed by atoms with Crippen LogP contribution in [0.4, 0.5) is 5.82 Å². The minimum Gasteiger partial charge on any atom is -0.343 e. The first-order valence-electron chi connectivity index (χ1n) is 10.8. The van der Waals surface area contributed by atoms with E-state index >= 15 is 0 Å². The molecule has 0 amide bonds. The maximum Gasteiger partial charge on any atom is 0.257 e. The van der Waals surface area contributed by atoms with Gasteiger partial charge in [0.1, 0.15) is 5.82 Å².